The molecule has 1 aromatic carbocycles. The Labute approximate surface area is 96.4 Å². The van der Waals surface area contributed by atoms with Crippen LogP contribution in [0.3, 0.4) is 0 Å². The molecule has 0 saturated heterocycles. The minimum absolute atomic E-state index is 0.210. The minimum atomic E-state index is 0.210. The van der Waals surface area contributed by atoms with Crippen LogP contribution in [-0.4, -0.2) is 13.2 Å². The first-order chi connectivity index (χ1) is 7.04. The molecule has 0 heterocycles. The lowest BCUT2D eigenvalue weighted by Gasteiger charge is -2.15. The van der Waals surface area contributed by atoms with E-state index in [4.69, 9.17) is 22.1 Å². The van der Waals surface area contributed by atoms with Crippen molar-refractivity contribution in [2.45, 2.75) is 32.2 Å². The Morgan fingerprint density at radius 3 is 2.60 bits per heavy atom. The maximum absolute atomic E-state index is 5.96. The van der Waals surface area contributed by atoms with Crippen LogP contribution in [-0.2, 0) is 0 Å². The van der Waals surface area contributed by atoms with Gasteiger partial charge < -0.3 is 10.5 Å². The lowest BCUT2D eigenvalue weighted by atomic mass is 9.95. The second kappa shape index (κ2) is 5.38. The highest BCUT2D eigenvalue weighted by Gasteiger charge is 2.10. The number of hydrogen-bond donors (Lipinski definition) is 1. The van der Waals surface area contributed by atoms with E-state index >= 15 is 0 Å². The van der Waals surface area contributed by atoms with Crippen molar-refractivity contribution in [3.05, 3.63) is 28.8 Å². The number of benzene rings is 1. The average molecular weight is 228 g/mol. The van der Waals surface area contributed by atoms with Crippen LogP contribution in [0.4, 0.5) is 0 Å². The molecule has 0 aliphatic carbocycles. The second-order valence-electron chi connectivity index (χ2n) is 4.01. The van der Waals surface area contributed by atoms with Crippen molar-refractivity contribution in [3.63, 3.8) is 0 Å². The molecule has 1 rings (SSSR count). The van der Waals surface area contributed by atoms with E-state index in [1.807, 2.05) is 25.1 Å². The van der Waals surface area contributed by atoms with Crippen LogP contribution in [0, 0.1) is 0 Å². The summed E-state index contributed by atoms with van der Waals surface area (Å²) in [6, 6.07) is 6.09. The van der Waals surface area contributed by atoms with Gasteiger partial charge in [0.15, 0.2) is 0 Å². The first kappa shape index (κ1) is 12.3. The maximum atomic E-state index is 5.96. The van der Waals surface area contributed by atoms with Crippen molar-refractivity contribution in [2.75, 3.05) is 7.11 Å². The van der Waals surface area contributed by atoms with Crippen LogP contribution < -0.4 is 10.5 Å². The molecule has 0 aliphatic heterocycles. The van der Waals surface area contributed by atoms with Crippen LogP contribution in [0.1, 0.15) is 31.7 Å². The van der Waals surface area contributed by atoms with E-state index in [9.17, 15) is 0 Å². The van der Waals surface area contributed by atoms with Gasteiger partial charge in [-0.05, 0) is 37.0 Å². The summed E-state index contributed by atoms with van der Waals surface area (Å²) in [5.74, 6) is 1.15. The Kier molecular flexibility index (Phi) is 4.43. The quantitative estimate of drug-likeness (QED) is 0.858. The number of nitrogens with two attached hydrogens (primary N) is 1. The van der Waals surface area contributed by atoms with Gasteiger partial charge >= 0.3 is 0 Å². The van der Waals surface area contributed by atoms with Gasteiger partial charge in [0.05, 0.1) is 12.1 Å². The summed E-state index contributed by atoms with van der Waals surface area (Å²) in [4.78, 5) is 0. The Hall–Kier alpha value is -0.730. The van der Waals surface area contributed by atoms with E-state index in [1.165, 1.54) is 5.56 Å². The highest BCUT2D eigenvalue weighted by Crippen LogP contribution is 2.29. The summed E-state index contributed by atoms with van der Waals surface area (Å²) in [5, 5.41) is 0.647. The highest BCUT2D eigenvalue weighted by atomic mass is 35.5. The molecule has 0 fully saturated rings. The van der Waals surface area contributed by atoms with Crippen molar-refractivity contribution in [3.8, 4) is 5.75 Å². The van der Waals surface area contributed by atoms with Crippen molar-refractivity contribution in [2.24, 2.45) is 5.73 Å². The third-order valence-electron chi connectivity index (χ3n) is 2.47. The molecule has 0 aromatic heterocycles. The van der Waals surface area contributed by atoms with Crippen LogP contribution in [0.15, 0.2) is 18.2 Å². The topological polar surface area (TPSA) is 35.2 Å². The standard InChI is InChI=1S/C12H18ClNO/c1-8(6-9(2)14)10-4-5-11(13)12(7-10)15-3/h4-5,7-9H,6,14H2,1-3H3. The SMILES string of the molecule is COc1cc(C(C)CC(C)N)ccc1Cl. The Bertz CT molecular complexity index is 325. The van der Waals surface area contributed by atoms with Crippen LogP contribution >= 0.6 is 11.6 Å². The molecular formula is C12H18ClNO. The van der Waals surface area contributed by atoms with Crippen LogP contribution in [0.2, 0.25) is 5.02 Å². The van der Waals surface area contributed by atoms with Gasteiger partial charge in [0, 0.05) is 6.04 Å². The number of halogens is 1. The lowest BCUT2D eigenvalue weighted by molar-refractivity contribution is 0.414. The van der Waals surface area contributed by atoms with Gasteiger partial charge in [0.2, 0.25) is 0 Å². The second-order valence-corrected chi connectivity index (χ2v) is 4.42. The van der Waals surface area contributed by atoms with E-state index in [1.54, 1.807) is 7.11 Å². The first-order valence-electron chi connectivity index (χ1n) is 5.13. The Balaban J connectivity index is 2.85. The summed E-state index contributed by atoms with van der Waals surface area (Å²) >= 11 is 5.96. The van der Waals surface area contributed by atoms with Gasteiger partial charge in [0.25, 0.3) is 0 Å². The normalized spacial score (nSPS) is 14.7. The molecule has 84 valence electrons. The van der Waals surface area contributed by atoms with Gasteiger partial charge in [0.1, 0.15) is 5.75 Å². The molecule has 3 heteroatoms. The van der Waals surface area contributed by atoms with Gasteiger partial charge in [-0.25, -0.2) is 0 Å². The molecule has 0 amide bonds. The predicted octanol–water partition coefficient (Wildman–Crippen LogP) is 3.19. The molecule has 0 aliphatic rings. The van der Waals surface area contributed by atoms with Crippen molar-refractivity contribution in [1.29, 1.82) is 0 Å². The highest BCUT2D eigenvalue weighted by molar-refractivity contribution is 6.32. The number of ether oxygens (including phenoxy) is 1. The number of hydrogen-bond acceptors (Lipinski definition) is 2. The maximum Gasteiger partial charge on any atom is 0.137 e. The molecule has 0 bridgehead atoms. The molecular weight excluding hydrogens is 210 g/mol. The summed E-state index contributed by atoms with van der Waals surface area (Å²) in [6.07, 6.45) is 0.963. The summed E-state index contributed by atoms with van der Waals surface area (Å²) in [7, 11) is 1.63. The van der Waals surface area contributed by atoms with E-state index in [-0.39, 0.29) is 6.04 Å². The molecule has 2 unspecified atom stereocenters. The van der Waals surface area contributed by atoms with E-state index in [2.05, 4.69) is 6.92 Å². The predicted molar refractivity (Wildman–Crippen MR) is 64.7 cm³/mol. The molecule has 0 saturated carbocycles. The molecule has 0 spiro atoms. The summed E-state index contributed by atoms with van der Waals surface area (Å²) in [5.41, 5.74) is 6.99. The molecule has 15 heavy (non-hydrogen) atoms. The largest absolute Gasteiger partial charge is 0.495 e. The third kappa shape index (κ3) is 3.40. The first-order valence-corrected chi connectivity index (χ1v) is 5.51. The molecule has 2 atom stereocenters. The zero-order valence-electron chi connectivity index (χ0n) is 9.46. The Morgan fingerprint density at radius 1 is 1.40 bits per heavy atom. The molecule has 0 radical (unpaired) electrons. The minimum Gasteiger partial charge on any atom is -0.495 e. The van der Waals surface area contributed by atoms with Gasteiger partial charge in [-0.2, -0.15) is 0 Å². The lowest BCUT2D eigenvalue weighted by Crippen LogP contribution is -2.17. The van der Waals surface area contributed by atoms with Crippen molar-refractivity contribution < 1.29 is 4.74 Å². The summed E-state index contributed by atoms with van der Waals surface area (Å²) in [6.45, 7) is 4.18. The number of rotatable bonds is 4. The van der Waals surface area contributed by atoms with Crippen LogP contribution in [0.25, 0.3) is 0 Å². The monoisotopic (exact) mass is 227 g/mol. The number of methoxy groups -OCH3 is 1. The van der Waals surface area contributed by atoms with Gasteiger partial charge in [-0.15, -0.1) is 0 Å². The Morgan fingerprint density at radius 2 is 2.07 bits per heavy atom. The van der Waals surface area contributed by atoms with E-state index in [0.29, 0.717) is 10.9 Å². The summed E-state index contributed by atoms with van der Waals surface area (Å²) < 4.78 is 5.18. The zero-order valence-corrected chi connectivity index (χ0v) is 10.2. The fourth-order valence-corrected chi connectivity index (χ4v) is 1.87. The van der Waals surface area contributed by atoms with Crippen molar-refractivity contribution >= 4 is 11.6 Å². The molecule has 1 aromatic rings. The fraction of sp³-hybridized carbons (Fsp3) is 0.500. The molecule has 2 nitrogen and oxygen atoms in total. The smallest absolute Gasteiger partial charge is 0.137 e. The van der Waals surface area contributed by atoms with Crippen molar-refractivity contribution in [1.82, 2.24) is 0 Å². The van der Waals surface area contributed by atoms with E-state index < -0.39 is 0 Å². The third-order valence-corrected chi connectivity index (χ3v) is 2.78. The van der Waals surface area contributed by atoms with Crippen LogP contribution in [0.5, 0.6) is 5.75 Å². The molecule has 2 N–H and O–H groups in total. The average Bonchev–Trinajstić information content (AvgIpc) is 2.17. The van der Waals surface area contributed by atoms with E-state index in [0.717, 1.165) is 12.2 Å². The zero-order chi connectivity index (χ0) is 11.4. The fourth-order valence-electron chi connectivity index (χ4n) is 1.68. The van der Waals surface area contributed by atoms with Gasteiger partial charge in [-0.1, -0.05) is 24.6 Å². The van der Waals surface area contributed by atoms with Gasteiger partial charge in [-0.3, -0.25) is 0 Å².